The van der Waals surface area contributed by atoms with Crippen molar-refractivity contribution in [2.45, 2.75) is 20.3 Å². The van der Waals surface area contributed by atoms with E-state index in [1.54, 1.807) is 31.2 Å². The lowest BCUT2D eigenvalue weighted by molar-refractivity contribution is -0.140. The average molecular weight is 219 g/mol. The second-order valence-corrected chi connectivity index (χ2v) is 3.38. The fraction of sp³-hybridized carbons (Fsp3) is 0.250. The molecule has 0 saturated carbocycles. The lowest BCUT2D eigenvalue weighted by atomic mass is 10.1. The Labute approximate surface area is 93.9 Å². The molecule has 0 amide bonds. The molecule has 0 aliphatic heterocycles. The molecule has 0 bridgehead atoms. The van der Waals surface area contributed by atoms with Gasteiger partial charge in [0.25, 0.3) is 0 Å². The molecule has 84 valence electrons. The van der Waals surface area contributed by atoms with Gasteiger partial charge in [-0.05, 0) is 6.92 Å². The molecule has 0 heterocycles. The molecule has 0 aliphatic carbocycles. The highest BCUT2D eigenvalue weighted by Crippen LogP contribution is 2.04. The summed E-state index contributed by atoms with van der Waals surface area (Å²) in [4.78, 5) is 26.6. The number of carbonyl (C=O) groups excluding carboxylic acids is 2. The molecule has 1 aromatic rings. The van der Waals surface area contributed by atoms with Gasteiger partial charge < -0.3 is 4.84 Å². The van der Waals surface area contributed by atoms with E-state index >= 15 is 0 Å². The molecule has 16 heavy (non-hydrogen) atoms. The van der Waals surface area contributed by atoms with Crippen LogP contribution in [0, 0.1) is 0 Å². The van der Waals surface area contributed by atoms with Crippen molar-refractivity contribution < 1.29 is 14.4 Å². The molecule has 0 aliphatic rings. The molecule has 0 unspecified atom stereocenters. The Kier molecular flexibility index (Phi) is 4.39. The molecule has 0 spiro atoms. The van der Waals surface area contributed by atoms with Crippen LogP contribution in [0.25, 0.3) is 0 Å². The molecule has 4 heteroatoms. The first kappa shape index (κ1) is 12.1. The van der Waals surface area contributed by atoms with Gasteiger partial charge in [-0.15, -0.1) is 0 Å². The van der Waals surface area contributed by atoms with Crippen molar-refractivity contribution in [1.82, 2.24) is 0 Å². The first-order chi connectivity index (χ1) is 7.59. The summed E-state index contributed by atoms with van der Waals surface area (Å²) < 4.78 is 0. The van der Waals surface area contributed by atoms with Crippen LogP contribution >= 0.6 is 0 Å². The molecule has 0 fully saturated rings. The van der Waals surface area contributed by atoms with Crippen LogP contribution in [-0.2, 0) is 9.63 Å². The number of nitrogens with zero attached hydrogens (tertiary/aromatic N) is 1. The normalized spacial score (nSPS) is 11.0. The van der Waals surface area contributed by atoms with Crippen LogP contribution < -0.4 is 0 Å². The lowest BCUT2D eigenvalue weighted by Gasteiger charge is -2.00. The zero-order valence-corrected chi connectivity index (χ0v) is 9.27. The highest BCUT2D eigenvalue weighted by Gasteiger charge is 2.07. The number of hydrogen-bond donors (Lipinski definition) is 0. The number of Topliss-reactive ketones (excluding diaryl/α,β-unsaturated/α-hetero) is 1. The summed E-state index contributed by atoms with van der Waals surface area (Å²) in [5.41, 5.74) is 1.10. The third-order valence-electron chi connectivity index (χ3n) is 1.84. The van der Waals surface area contributed by atoms with E-state index in [2.05, 4.69) is 9.99 Å². The van der Waals surface area contributed by atoms with Gasteiger partial charge in [-0.2, -0.15) is 0 Å². The van der Waals surface area contributed by atoms with Gasteiger partial charge in [-0.1, -0.05) is 35.5 Å². The first-order valence-electron chi connectivity index (χ1n) is 4.89. The minimum Gasteiger partial charge on any atom is -0.319 e. The van der Waals surface area contributed by atoms with E-state index in [-0.39, 0.29) is 12.2 Å². The van der Waals surface area contributed by atoms with E-state index < -0.39 is 5.97 Å². The van der Waals surface area contributed by atoms with Crippen molar-refractivity contribution in [3.63, 3.8) is 0 Å². The highest BCUT2D eigenvalue weighted by molar-refractivity contribution is 6.08. The van der Waals surface area contributed by atoms with Crippen molar-refractivity contribution in [1.29, 1.82) is 0 Å². The molecule has 0 N–H and O–H groups in total. The SMILES string of the molecule is CC(=O)O/N=C(\C)CC(=O)c1ccccc1. The fourth-order valence-electron chi connectivity index (χ4n) is 1.13. The summed E-state index contributed by atoms with van der Waals surface area (Å²) in [6.45, 7) is 2.90. The van der Waals surface area contributed by atoms with Crippen molar-refractivity contribution in [2.75, 3.05) is 0 Å². The summed E-state index contributed by atoms with van der Waals surface area (Å²) in [6.07, 6.45) is 0.150. The third kappa shape index (κ3) is 4.04. The number of ketones is 1. The highest BCUT2D eigenvalue weighted by atomic mass is 16.7. The standard InChI is InChI=1S/C12H13NO3/c1-9(13-16-10(2)14)8-12(15)11-6-4-3-5-7-11/h3-7H,8H2,1-2H3/b13-9+. The van der Waals surface area contributed by atoms with Crippen molar-refractivity contribution in [2.24, 2.45) is 5.16 Å². The van der Waals surface area contributed by atoms with Crippen molar-refractivity contribution in [3.05, 3.63) is 35.9 Å². The van der Waals surface area contributed by atoms with E-state index in [1.807, 2.05) is 6.07 Å². The maximum absolute atomic E-state index is 11.7. The molecule has 4 nitrogen and oxygen atoms in total. The average Bonchev–Trinajstić information content (AvgIpc) is 2.27. The van der Waals surface area contributed by atoms with Crippen LogP contribution in [0.4, 0.5) is 0 Å². The topological polar surface area (TPSA) is 55.7 Å². The van der Waals surface area contributed by atoms with Gasteiger partial charge >= 0.3 is 5.97 Å². The summed E-state index contributed by atoms with van der Waals surface area (Å²) in [6, 6.07) is 8.91. The quantitative estimate of drug-likeness (QED) is 0.337. The maximum Gasteiger partial charge on any atom is 0.331 e. The Balaban J connectivity index is 2.58. The lowest BCUT2D eigenvalue weighted by Crippen LogP contribution is -2.06. The number of hydrogen-bond acceptors (Lipinski definition) is 4. The Morgan fingerprint density at radius 3 is 2.38 bits per heavy atom. The van der Waals surface area contributed by atoms with Gasteiger partial charge in [-0.3, -0.25) is 4.79 Å². The Hall–Kier alpha value is -1.97. The Morgan fingerprint density at radius 2 is 1.81 bits per heavy atom. The molecule has 0 saturated heterocycles. The molecule has 1 rings (SSSR count). The zero-order chi connectivity index (χ0) is 12.0. The van der Waals surface area contributed by atoms with Gasteiger partial charge in [0, 0.05) is 12.5 Å². The molecule has 1 aromatic carbocycles. The predicted octanol–water partition coefficient (Wildman–Crippen LogP) is 2.20. The monoisotopic (exact) mass is 219 g/mol. The zero-order valence-electron chi connectivity index (χ0n) is 9.27. The number of benzene rings is 1. The summed E-state index contributed by atoms with van der Waals surface area (Å²) in [5.74, 6) is -0.541. The fourth-order valence-corrected chi connectivity index (χ4v) is 1.13. The van der Waals surface area contributed by atoms with Crippen LogP contribution in [0.1, 0.15) is 30.6 Å². The molecular formula is C12H13NO3. The number of oxime groups is 1. The van der Waals surface area contributed by atoms with Gasteiger partial charge in [0.2, 0.25) is 0 Å². The smallest absolute Gasteiger partial charge is 0.319 e. The minimum atomic E-state index is -0.494. The summed E-state index contributed by atoms with van der Waals surface area (Å²) in [5, 5.41) is 3.54. The van der Waals surface area contributed by atoms with Crippen LogP contribution in [0.5, 0.6) is 0 Å². The van der Waals surface area contributed by atoms with E-state index in [0.717, 1.165) is 0 Å². The Morgan fingerprint density at radius 1 is 1.19 bits per heavy atom. The molecule has 0 aromatic heterocycles. The molecule has 0 radical (unpaired) electrons. The van der Waals surface area contributed by atoms with E-state index in [4.69, 9.17) is 0 Å². The number of rotatable bonds is 4. The second kappa shape index (κ2) is 5.80. The van der Waals surface area contributed by atoms with Gasteiger partial charge in [0.1, 0.15) is 0 Å². The van der Waals surface area contributed by atoms with E-state index in [0.29, 0.717) is 11.3 Å². The van der Waals surface area contributed by atoms with E-state index in [9.17, 15) is 9.59 Å². The summed E-state index contributed by atoms with van der Waals surface area (Å²) in [7, 11) is 0. The second-order valence-electron chi connectivity index (χ2n) is 3.38. The largest absolute Gasteiger partial charge is 0.331 e. The third-order valence-corrected chi connectivity index (χ3v) is 1.84. The van der Waals surface area contributed by atoms with Gasteiger partial charge in [0.05, 0.1) is 12.1 Å². The van der Waals surface area contributed by atoms with Crippen LogP contribution in [0.15, 0.2) is 35.5 Å². The van der Waals surface area contributed by atoms with Crippen LogP contribution in [0.3, 0.4) is 0 Å². The van der Waals surface area contributed by atoms with Gasteiger partial charge in [0.15, 0.2) is 5.78 Å². The number of carbonyl (C=O) groups is 2. The Bertz CT molecular complexity index is 410. The van der Waals surface area contributed by atoms with Crippen molar-refractivity contribution >= 4 is 17.5 Å². The first-order valence-corrected chi connectivity index (χ1v) is 4.89. The van der Waals surface area contributed by atoms with Crippen LogP contribution in [-0.4, -0.2) is 17.5 Å². The summed E-state index contributed by atoms with van der Waals surface area (Å²) >= 11 is 0. The minimum absolute atomic E-state index is 0.0472. The van der Waals surface area contributed by atoms with Gasteiger partial charge in [-0.25, -0.2) is 4.79 Å². The predicted molar refractivity (Wildman–Crippen MR) is 60.3 cm³/mol. The maximum atomic E-state index is 11.7. The van der Waals surface area contributed by atoms with E-state index in [1.165, 1.54) is 6.92 Å². The van der Waals surface area contributed by atoms with Crippen molar-refractivity contribution in [3.8, 4) is 0 Å². The van der Waals surface area contributed by atoms with Crippen LogP contribution in [0.2, 0.25) is 0 Å². The molecule has 0 atom stereocenters. The molecular weight excluding hydrogens is 206 g/mol.